The minimum absolute atomic E-state index is 0.206. The van der Waals surface area contributed by atoms with Crippen LogP contribution in [0.3, 0.4) is 0 Å². The highest BCUT2D eigenvalue weighted by molar-refractivity contribution is 8.01. The van der Waals surface area contributed by atoms with Crippen LogP contribution < -0.4 is 11.2 Å². The van der Waals surface area contributed by atoms with Gasteiger partial charge in [0, 0.05) is 18.8 Å². The van der Waals surface area contributed by atoms with Gasteiger partial charge in [0.1, 0.15) is 0 Å². The Morgan fingerprint density at radius 1 is 1.65 bits per heavy atom. The first-order valence-corrected chi connectivity index (χ1v) is 7.38. The molecule has 0 fully saturated rings. The summed E-state index contributed by atoms with van der Waals surface area (Å²) in [6, 6.07) is 0. The van der Waals surface area contributed by atoms with Gasteiger partial charge in [-0.25, -0.2) is 5.43 Å². The number of carbonyl (C=O) groups is 1. The van der Waals surface area contributed by atoms with Crippen LogP contribution >= 0.6 is 23.1 Å². The number of hydrogen-bond donors (Lipinski definition) is 2. The Bertz CT molecular complexity index is 633. The maximum Gasteiger partial charge on any atom is 0.250 e. The number of hydrazone groups is 1. The van der Waals surface area contributed by atoms with Crippen molar-refractivity contribution in [1.82, 2.24) is 25.4 Å². The molecule has 2 aromatic rings. The number of anilines is 1. The molecule has 8 nitrogen and oxygen atoms in total. The van der Waals surface area contributed by atoms with Crippen molar-refractivity contribution in [2.75, 3.05) is 11.5 Å². The Morgan fingerprint density at radius 2 is 2.45 bits per heavy atom. The number of amides is 1. The predicted molar refractivity (Wildman–Crippen MR) is 78.7 cm³/mol. The Morgan fingerprint density at radius 3 is 3.05 bits per heavy atom. The molecule has 1 amide bonds. The molecular weight excluding hydrogens is 298 g/mol. The van der Waals surface area contributed by atoms with Gasteiger partial charge in [0.05, 0.1) is 17.7 Å². The smallest absolute Gasteiger partial charge is 0.250 e. The van der Waals surface area contributed by atoms with E-state index < -0.39 is 0 Å². The quantitative estimate of drug-likeness (QED) is 0.470. The van der Waals surface area contributed by atoms with E-state index in [1.807, 2.05) is 20.2 Å². The molecule has 0 aromatic carbocycles. The number of nitrogens with zero attached hydrogens (tertiary/aromatic N) is 5. The average molecular weight is 311 g/mol. The number of hydrogen-bond acceptors (Lipinski definition) is 8. The van der Waals surface area contributed by atoms with E-state index in [2.05, 4.69) is 25.8 Å². The lowest BCUT2D eigenvalue weighted by Gasteiger charge is -1.96. The maximum absolute atomic E-state index is 11.6. The first-order valence-electron chi connectivity index (χ1n) is 5.58. The Hall–Kier alpha value is -1.94. The van der Waals surface area contributed by atoms with E-state index >= 15 is 0 Å². The molecule has 0 aliphatic rings. The van der Waals surface area contributed by atoms with E-state index in [4.69, 9.17) is 5.73 Å². The van der Waals surface area contributed by atoms with Gasteiger partial charge in [-0.05, 0) is 6.92 Å². The third kappa shape index (κ3) is 4.03. The second-order valence-corrected chi connectivity index (χ2v) is 6.06. The van der Waals surface area contributed by atoms with Gasteiger partial charge in [0.25, 0.3) is 5.91 Å². The second-order valence-electron chi connectivity index (χ2n) is 3.83. The maximum atomic E-state index is 11.6. The van der Waals surface area contributed by atoms with Crippen LogP contribution in [0.4, 0.5) is 5.13 Å². The number of rotatable bonds is 5. The molecule has 0 spiro atoms. The molecule has 2 rings (SSSR count). The van der Waals surface area contributed by atoms with Gasteiger partial charge in [-0.2, -0.15) is 10.2 Å². The zero-order chi connectivity index (χ0) is 14.5. The zero-order valence-corrected chi connectivity index (χ0v) is 12.5. The largest absolute Gasteiger partial charge is 0.374 e. The number of carbonyl (C=O) groups excluding carboxylic acids is 1. The number of thioether (sulfide) groups is 1. The Kier molecular flexibility index (Phi) is 4.69. The van der Waals surface area contributed by atoms with Crippen molar-refractivity contribution in [3.05, 3.63) is 17.5 Å². The topological polar surface area (TPSA) is 111 Å². The van der Waals surface area contributed by atoms with Gasteiger partial charge in [-0.1, -0.05) is 23.1 Å². The summed E-state index contributed by atoms with van der Waals surface area (Å²) in [5.74, 6) is -0.0144. The Labute approximate surface area is 123 Å². The molecule has 0 aliphatic carbocycles. The molecule has 3 N–H and O–H groups in total. The monoisotopic (exact) mass is 311 g/mol. The van der Waals surface area contributed by atoms with Crippen LogP contribution in [0, 0.1) is 6.92 Å². The molecule has 10 heteroatoms. The van der Waals surface area contributed by atoms with Gasteiger partial charge in [0.15, 0.2) is 4.34 Å². The molecule has 106 valence electrons. The zero-order valence-electron chi connectivity index (χ0n) is 10.9. The van der Waals surface area contributed by atoms with Crippen molar-refractivity contribution in [2.24, 2.45) is 12.1 Å². The van der Waals surface area contributed by atoms with Crippen LogP contribution in [-0.4, -0.2) is 37.9 Å². The second kappa shape index (κ2) is 6.48. The number of nitrogen functional groups attached to an aromatic ring is 1. The van der Waals surface area contributed by atoms with E-state index in [0.29, 0.717) is 9.47 Å². The van der Waals surface area contributed by atoms with Crippen molar-refractivity contribution in [3.8, 4) is 0 Å². The lowest BCUT2D eigenvalue weighted by molar-refractivity contribution is -0.118. The van der Waals surface area contributed by atoms with Gasteiger partial charge >= 0.3 is 0 Å². The van der Waals surface area contributed by atoms with Crippen LogP contribution in [0.2, 0.25) is 0 Å². The van der Waals surface area contributed by atoms with Crippen LogP contribution in [0.15, 0.2) is 15.6 Å². The summed E-state index contributed by atoms with van der Waals surface area (Å²) in [6.07, 6.45) is 3.39. The molecule has 2 heterocycles. The fraction of sp³-hybridized carbons (Fsp3) is 0.300. The Balaban J connectivity index is 1.79. The van der Waals surface area contributed by atoms with E-state index in [9.17, 15) is 4.79 Å². The summed E-state index contributed by atoms with van der Waals surface area (Å²) < 4.78 is 2.35. The molecule has 0 saturated carbocycles. The average Bonchev–Trinajstić information content (AvgIpc) is 2.93. The fourth-order valence-electron chi connectivity index (χ4n) is 1.36. The normalized spacial score (nSPS) is 11.1. The number of aryl methyl sites for hydroxylation is 2. The molecule has 0 radical (unpaired) electrons. The minimum Gasteiger partial charge on any atom is -0.374 e. The van der Waals surface area contributed by atoms with Gasteiger partial charge in [-0.15, -0.1) is 10.2 Å². The third-order valence-electron chi connectivity index (χ3n) is 2.19. The van der Waals surface area contributed by atoms with Gasteiger partial charge in [0.2, 0.25) is 5.13 Å². The van der Waals surface area contributed by atoms with Gasteiger partial charge in [-0.3, -0.25) is 9.48 Å². The van der Waals surface area contributed by atoms with Gasteiger partial charge < -0.3 is 5.73 Å². The first kappa shape index (κ1) is 14.5. The summed E-state index contributed by atoms with van der Waals surface area (Å²) in [5.41, 5.74) is 9.60. The molecule has 0 atom stereocenters. The van der Waals surface area contributed by atoms with Crippen molar-refractivity contribution in [3.63, 3.8) is 0 Å². The predicted octanol–water partition coefficient (Wildman–Crippen LogP) is 0.405. The fourth-order valence-corrected chi connectivity index (χ4v) is 2.79. The minimum atomic E-state index is -0.221. The molecule has 20 heavy (non-hydrogen) atoms. The van der Waals surface area contributed by atoms with E-state index in [1.165, 1.54) is 23.1 Å². The lowest BCUT2D eigenvalue weighted by Crippen LogP contribution is -2.19. The summed E-state index contributed by atoms with van der Waals surface area (Å²) in [4.78, 5) is 11.6. The van der Waals surface area contributed by atoms with Crippen LogP contribution in [0.5, 0.6) is 0 Å². The lowest BCUT2D eigenvalue weighted by atomic mass is 10.3. The molecule has 0 bridgehead atoms. The molecule has 0 unspecified atom stereocenters. The van der Waals surface area contributed by atoms with Crippen LogP contribution in [0.25, 0.3) is 0 Å². The highest BCUT2D eigenvalue weighted by Gasteiger charge is 2.06. The first-order chi connectivity index (χ1) is 9.54. The SMILES string of the molecule is Cc1nn(C)cc1/C=N\NC(=O)CSc1nnc(N)s1. The molecule has 2 aromatic heterocycles. The molecule has 0 aliphatic heterocycles. The van der Waals surface area contributed by atoms with E-state index in [0.717, 1.165) is 11.3 Å². The summed E-state index contributed by atoms with van der Waals surface area (Å²) >= 11 is 2.51. The van der Waals surface area contributed by atoms with Crippen LogP contribution in [-0.2, 0) is 11.8 Å². The van der Waals surface area contributed by atoms with E-state index in [1.54, 1.807) is 10.9 Å². The highest BCUT2D eigenvalue weighted by atomic mass is 32.2. The van der Waals surface area contributed by atoms with Crippen molar-refractivity contribution >= 4 is 40.4 Å². The number of nitrogens with one attached hydrogen (secondary N) is 1. The van der Waals surface area contributed by atoms with Crippen molar-refractivity contribution in [1.29, 1.82) is 0 Å². The number of nitrogens with two attached hydrogens (primary N) is 1. The van der Waals surface area contributed by atoms with Crippen LogP contribution in [0.1, 0.15) is 11.3 Å². The summed E-state index contributed by atoms with van der Waals surface area (Å²) in [5, 5.41) is 15.9. The summed E-state index contributed by atoms with van der Waals surface area (Å²) in [6.45, 7) is 1.87. The summed E-state index contributed by atoms with van der Waals surface area (Å²) in [7, 11) is 1.83. The van der Waals surface area contributed by atoms with E-state index in [-0.39, 0.29) is 11.7 Å². The third-order valence-corrected chi connectivity index (χ3v) is 4.08. The molecular formula is C10H13N7OS2. The van der Waals surface area contributed by atoms with Crippen molar-refractivity contribution < 1.29 is 4.79 Å². The standard InChI is InChI=1S/C10H13N7OS2/c1-6-7(4-17(2)16-6)3-12-13-8(18)5-19-10-15-14-9(11)20-10/h3-4H,5H2,1-2H3,(H2,11,14)(H,13,18)/b12-3-. The van der Waals surface area contributed by atoms with Crippen molar-refractivity contribution in [2.45, 2.75) is 11.3 Å². The highest BCUT2D eigenvalue weighted by Crippen LogP contribution is 2.22. The molecule has 0 saturated heterocycles. The number of aromatic nitrogens is 4.